The number of carbonyl (C=O) groups is 2. The lowest BCUT2D eigenvalue weighted by atomic mass is 9.84. The van der Waals surface area contributed by atoms with Gasteiger partial charge in [-0.15, -0.1) is 0 Å². The predicted molar refractivity (Wildman–Crippen MR) is 72.5 cm³/mol. The third kappa shape index (κ3) is 2.26. The summed E-state index contributed by atoms with van der Waals surface area (Å²) in [6.45, 7) is 0. The van der Waals surface area contributed by atoms with Crippen molar-refractivity contribution in [3.63, 3.8) is 0 Å². The maximum Gasteiger partial charge on any atom is 0.308 e. The zero-order valence-electron chi connectivity index (χ0n) is 10.8. The van der Waals surface area contributed by atoms with Crippen molar-refractivity contribution in [1.82, 2.24) is 10.3 Å². The fourth-order valence-corrected chi connectivity index (χ4v) is 3.70. The Kier molecular flexibility index (Phi) is 3.38. The molecule has 6 heteroatoms. The first-order valence-electron chi connectivity index (χ1n) is 6.71. The van der Waals surface area contributed by atoms with Crippen molar-refractivity contribution in [1.29, 1.82) is 0 Å². The molecule has 5 nitrogen and oxygen atoms in total. The summed E-state index contributed by atoms with van der Waals surface area (Å²) in [6, 6.07) is 2.86. The van der Waals surface area contributed by atoms with E-state index in [1.165, 1.54) is 6.20 Å². The number of carboxylic acids is 1. The third-order valence-electron chi connectivity index (χ3n) is 4.46. The number of nitrogens with zero attached hydrogens (tertiary/aromatic N) is 1. The fraction of sp³-hybridized carbons (Fsp3) is 0.500. The number of hydrogen-bond acceptors (Lipinski definition) is 3. The molecule has 0 spiro atoms. The molecule has 4 unspecified atom stereocenters. The van der Waals surface area contributed by atoms with Crippen molar-refractivity contribution in [2.45, 2.75) is 25.3 Å². The normalized spacial score (nSPS) is 31.2. The van der Waals surface area contributed by atoms with Gasteiger partial charge in [-0.3, -0.25) is 9.59 Å². The standard InChI is InChI=1S/C14H15ClN2O3/c15-9-3-4-10(16-6-9)13(18)17-12-8-2-1-7(5-8)11(12)14(19)20/h3-4,6-8,11-12H,1-2,5H2,(H,17,18)(H,19,20). The summed E-state index contributed by atoms with van der Waals surface area (Å²) in [6.07, 6.45) is 4.25. The van der Waals surface area contributed by atoms with E-state index in [1.54, 1.807) is 12.1 Å². The smallest absolute Gasteiger partial charge is 0.308 e. The third-order valence-corrected chi connectivity index (χ3v) is 4.68. The van der Waals surface area contributed by atoms with Crippen molar-refractivity contribution in [3.8, 4) is 0 Å². The SMILES string of the molecule is O=C(NC1C2CCC(C2)C1C(=O)O)c1ccc(Cl)cn1. The van der Waals surface area contributed by atoms with Crippen LogP contribution in [0.15, 0.2) is 18.3 Å². The number of nitrogens with one attached hydrogen (secondary N) is 1. The molecule has 1 aromatic rings. The van der Waals surface area contributed by atoms with Crippen molar-refractivity contribution in [2.75, 3.05) is 0 Å². The highest BCUT2D eigenvalue weighted by molar-refractivity contribution is 6.30. The Morgan fingerprint density at radius 2 is 2.05 bits per heavy atom. The Balaban J connectivity index is 1.75. The van der Waals surface area contributed by atoms with Crippen LogP contribution in [-0.2, 0) is 4.79 Å². The molecule has 1 heterocycles. The van der Waals surface area contributed by atoms with Crippen molar-refractivity contribution >= 4 is 23.5 Å². The van der Waals surface area contributed by atoms with Crippen LogP contribution in [0.25, 0.3) is 0 Å². The molecule has 2 saturated carbocycles. The second-order valence-electron chi connectivity index (χ2n) is 5.56. The molecular weight excluding hydrogens is 280 g/mol. The number of amides is 1. The lowest BCUT2D eigenvalue weighted by molar-refractivity contribution is -0.144. The quantitative estimate of drug-likeness (QED) is 0.893. The largest absolute Gasteiger partial charge is 0.481 e. The Labute approximate surface area is 121 Å². The number of carbonyl (C=O) groups excluding carboxylic acids is 1. The van der Waals surface area contributed by atoms with Crippen LogP contribution in [0.3, 0.4) is 0 Å². The topological polar surface area (TPSA) is 79.3 Å². The molecule has 2 aliphatic rings. The van der Waals surface area contributed by atoms with Crippen LogP contribution in [0.2, 0.25) is 5.02 Å². The molecule has 0 aliphatic heterocycles. The van der Waals surface area contributed by atoms with Crippen molar-refractivity contribution in [2.24, 2.45) is 17.8 Å². The molecule has 2 fully saturated rings. The molecule has 0 aromatic carbocycles. The molecule has 2 aliphatic carbocycles. The van der Waals surface area contributed by atoms with Crippen LogP contribution in [0.1, 0.15) is 29.8 Å². The van der Waals surface area contributed by atoms with Crippen molar-refractivity contribution < 1.29 is 14.7 Å². The first-order chi connectivity index (χ1) is 9.56. The minimum absolute atomic E-state index is 0.195. The zero-order valence-corrected chi connectivity index (χ0v) is 11.5. The van der Waals surface area contributed by atoms with Crippen LogP contribution >= 0.6 is 11.6 Å². The van der Waals surface area contributed by atoms with Gasteiger partial charge in [0.05, 0.1) is 10.9 Å². The minimum Gasteiger partial charge on any atom is -0.481 e. The van der Waals surface area contributed by atoms with Crippen molar-refractivity contribution in [3.05, 3.63) is 29.0 Å². The number of aliphatic carboxylic acids is 1. The molecule has 1 aromatic heterocycles. The average molecular weight is 295 g/mol. The molecule has 20 heavy (non-hydrogen) atoms. The van der Waals surface area contributed by atoms with Gasteiger partial charge in [-0.1, -0.05) is 11.6 Å². The Morgan fingerprint density at radius 3 is 2.70 bits per heavy atom. The van der Waals surface area contributed by atoms with Gasteiger partial charge in [0.15, 0.2) is 0 Å². The second kappa shape index (κ2) is 5.05. The first kappa shape index (κ1) is 13.4. The van der Waals surface area contributed by atoms with E-state index in [9.17, 15) is 14.7 Å². The molecule has 0 saturated heterocycles. The summed E-state index contributed by atoms with van der Waals surface area (Å²) < 4.78 is 0. The van der Waals surface area contributed by atoms with E-state index in [2.05, 4.69) is 10.3 Å². The fourth-order valence-electron chi connectivity index (χ4n) is 3.59. The van der Waals surface area contributed by atoms with Gasteiger partial charge in [-0.05, 0) is 43.2 Å². The van der Waals surface area contributed by atoms with Gasteiger partial charge in [0, 0.05) is 12.2 Å². The molecule has 0 radical (unpaired) electrons. The number of aromatic nitrogens is 1. The summed E-state index contributed by atoms with van der Waals surface area (Å²) in [7, 11) is 0. The number of pyridine rings is 1. The number of fused-ring (bicyclic) bond motifs is 2. The number of carboxylic acid groups (broad SMARTS) is 1. The Morgan fingerprint density at radius 1 is 1.30 bits per heavy atom. The monoisotopic (exact) mass is 294 g/mol. The molecular formula is C14H15ClN2O3. The van der Waals surface area contributed by atoms with Gasteiger partial charge < -0.3 is 10.4 Å². The minimum atomic E-state index is -0.813. The summed E-state index contributed by atoms with van der Waals surface area (Å²) in [5.74, 6) is -1.14. The highest BCUT2D eigenvalue weighted by Crippen LogP contribution is 2.48. The van der Waals surface area contributed by atoms with E-state index in [0.29, 0.717) is 5.02 Å². The molecule has 1 amide bonds. The van der Waals surface area contributed by atoms with Crippen LogP contribution in [-0.4, -0.2) is 28.0 Å². The molecule has 3 rings (SSSR count). The average Bonchev–Trinajstić information content (AvgIpc) is 3.00. The van der Waals surface area contributed by atoms with Crippen LogP contribution in [0, 0.1) is 17.8 Å². The summed E-state index contributed by atoms with van der Waals surface area (Å²) in [5.41, 5.74) is 0.265. The van der Waals surface area contributed by atoms with Gasteiger partial charge in [-0.2, -0.15) is 0 Å². The van der Waals surface area contributed by atoms with Gasteiger partial charge in [-0.25, -0.2) is 4.98 Å². The summed E-state index contributed by atoms with van der Waals surface area (Å²) in [5, 5.41) is 12.7. The van der Waals surface area contributed by atoms with Crippen LogP contribution < -0.4 is 5.32 Å². The first-order valence-corrected chi connectivity index (χ1v) is 7.09. The number of hydrogen-bond donors (Lipinski definition) is 2. The molecule has 2 bridgehead atoms. The predicted octanol–water partition coefficient (Wildman–Crippen LogP) is 1.96. The molecule has 2 N–H and O–H groups in total. The lowest BCUT2D eigenvalue weighted by Crippen LogP contribution is -2.47. The van der Waals surface area contributed by atoms with Gasteiger partial charge >= 0.3 is 5.97 Å². The highest BCUT2D eigenvalue weighted by Gasteiger charge is 2.51. The second-order valence-corrected chi connectivity index (χ2v) is 5.99. The zero-order chi connectivity index (χ0) is 14.3. The Bertz CT molecular complexity index is 546. The van der Waals surface area contributed by atoms with E-state index in [4.69, 9.17) is 11.6 Å². The summed E-state index contributed by atoms with van der Waals surface area (Å²) in [4.78, 5) is 27.5. The van der Waals surface area contributed by atoms with E-state index in [0.717, 1.165) is 19.3 Å². The molecule has 106 valence electrons. The van der Waals surface area contributed by atoms with E-state index in [-0.39, 0.29) is 29.5 Å². The van der Waals surface area contributed by atoms with E-state index >= 15 is 0 Å². The maximum atomic E-state index is 12.1. The Hall–Kier alpha value is -1.62. The number of halogens is 1. The lowest BCUT2D eigenvalue weighted by Gasteiger charge is -2.28. The van der Waals surface area contributed by atoms with Crippen LogP contribution in [0.4, 0.5) is 0 Å². The highest BCUT2D eigenvalue weighted by atomic mass is 35.5. The van der Waals surface area contributed by atoms with Gasteiger partial charge in [0.2, 0.25) is 0 Å². The van der Waals surface area contributed by atoms with E-state index in [1.807, 2.05) is 0 Å². The maximum absolute atomic E-state index is 12.1. The van der Waals surface area contributed by atoms with E-state index < -0.39 is 11.9 Å². The van der Waals surface area contributed by atoms with Gasteiger partial charge in [0.1, 0.15) is 5.69 Å². The summed E-state index contributed by atoms with van der Waals surface area (Å²) >= 11 is 5.73. The van der Waals surface area contributed by atoms with Gasteiger partial charge in [0.25, 0.3) is 5.91 Å². The number of rotatable bonds is 3. The van der Waals surface area contributed by atoms with Crippen LogP contribution in [0.5, 0.6) is 0 Å². The molecule has 4 atom stereocenters.